The number of rotatable bonds is 9. The van der Waals surface area contributed by atoms with Crippen LogP contribution in [0, 0.1) is 13.8 Å². The number of ether oxygens (including phenoxy) is 3. The number of primary amides is 1. The third-order valence-electron chi connectivity index (χ3n) is 7.87. The fourth-order valence-electron chi connectivity index (χ4n) is 5.66. The fraction of sp³-hybridized carbons (Fsp3) is 0.297. The van der Waals surface area contributed by atoms with E-state index in [1.807, 2.05) is 37.4 Å². The van der Waals surface area contributed by atoms with Gasteiger partial charge in [-0.2, -0.15) is 0 Å². The number of aryl methyl sites for hydroxylation is 2. The van der Waals surface area contributed by atoms with Gasteiger partial charge in [0.15, 0.2) is 5.69 Å². The molecular formula is C37H39N5O8S. The van der Waals surface area contributed by atoms with Crippen molar-refractivity contribution >= 4 is 46.8 Å². The lowest BCUT2D eigenvalue weighted by atomic mass is 9.93. The monoisotopic (exact) mass is 713 g/mol. The Morgan fingerprint density at radius 2 is 1.67 bits per heavy atom. The van der Waals surface area contributed by atoms with Crippen molar-refractivity contribution in [3.63, 3.8) is 0 Å². The van der Waals surface area contributed by atoms with Gasteiger partial charge in [-0.1, -0.05) is 12.1 Å². The van der Waals surface area contributed by atoms with Gasteiger partial charge in [0.2, 0.25) is 5.91 Å². The minimum Gasteiger partial charge on any atom is -0.493 e. The Bertz CT molecular complexity index is 2030. The van der Waals surface area contributed by atoms with Crippen molar-refractivity contribution in [2.24, 2.45) is 5.73 Å². The summed E-state index contributed by atoms with van der Waals surface area (Å²) in [6, 6.07) is 12.1. The van der Waals surface area contributed by atoms with E-state index in [4.69, 9.17) is 19.9 Å². The molecule has 0 aliphatic carbocycles. The van der Waals surface area contributed by atoms with Crippen LogP contribution in [0.25, 0.3) is 21.6 Å². The molecule has 0 fully saturated rings. The van der Waals surface area contributed by atoms with Gasteiger partial charge in [0, 0.05) is 45.8 Å². The number of nitrogens with one attached hydrogen (secondary N) is 3. The number of carbonyl (C=O) groups is 5. The van der Waals surface area contributed by atoms with Gasteiger partial charge in [0.25, 0.3) is 11.8 Å². The van der Waals surface area contributed by atoms with Gasteiger partial charge in [-0.3, -0.25) is 14.4 Å². The number of benzene rings is 2. The van der Waals surface area contributed by atoms with Crippen LogP contribution in [-0.4, -0.2) is 60.6 Å². The summed E-state index contributed by atoms with van der Waals surface area (Å²) >= 11 is 1.53. The molecule has 3 heterocycles. The van der Waals surface area contributed by atoms with Crippen LogP contribution < -0.4 is 26.4 Å². The van der Waals surface area contributed by atoms with E-state index >= 15 is 0 Å². The molecule has 0 spiro atoms. The molecular weight excluding hydrogens is 675 g/mol. The molecule has 2 aromatic heterocycles. The molecule has 0 saturated carbocycles. The molecule has 13 nitrogen and oxygen atoms in total. The number of amides is 4. The molecule has 5 rings (SSSR count). The van der Waals surface area contributed by atoms with E-state index in [1.165, 1.54) is 30.6 Å². The average molecular weight is 714 g/mol. The maximum Gasteiger partial charge on any atom is 0.407 e. The van der Waals surface area contributed by atoms with E-state index in [-0.39, 0.29) is 29.1 Å². The second kappa shape index (κ2) is 15.0. The van der Waals surface area contributed by atoms with Crippen LogP contribution in [0.2, 0.25) is 0 Å². The topological polar surface area (TPSA) is 188 Å². The fourth-order valence-corrected chi connectivity index (χ4v) is 6.64. The van der Waals surface area contributed by atoms with Gasteiger partial charge < -0.3 is 35.9 Å². The van der Waals surface area contributed by atoms with Crippen molar-refractivity contribution in [1.82, 2.24) is 15.6 Å². The number of hydrogen-bond acceptors (Lipinski definition) is 10. The van der Waals surface area contributed by atoms with E-state index < -0.39 is 41.9 Å². The second-order valence-electron chi connectivity index (χ2n) is 12.9. The molecule has 0 bridgehead atoms. The first-order valence-corrected chi connectivity index (χ1v) is 16.9. The lowest BCUT2D eigenvalue weighted by Crippen LogP contribution is -2.34. The van der Waals surface area contributed by atoms with Gasteiger partial charge in [-0.25, -0.2) is 14.6 Å². The highest BCUT2D eigenvalue weighted by Crippen LogP contribution is 2.43. The summed E-state index contributed by atoms with van der Waals surface area (Å²) in [5, 5.41) is 10.1. The van der Waals surface area contributed by atoms with Gasteiger partial charge in [0.1, 0.15) is 17.0 Å². The Hall–Kier alpha value is -5.76. The van der Waals surface area contributed by atoms with Crippen LogP contribution in [0.3, 0.4) is 0 Å². The zero-order valence-electron chi connectivity index (χ0n) is 29.1. The minimum atomic E-state index is -0.848. The number of pyridine rings is 1. The molecule has 2 aromatic carbocycles. The Morgan fingerprint density at radius 3 is 2.33 bits per heavy atom. The zero-order valence-corrected chi connectivity index (χ0v) is 30.0. The van der Waals surface area contributed by atoms with Crippen molar-refractivity contribution in [3.05, 3.63) is 87.0 Å². The first kappa shape index (κ1) is 36.5. The van der Waals surface area contributed by atoms with Crippen molar-refractivity contribution in [1.29, 1.82) is 0 Å². The van der Waals surface area contributed by atoms with Crippen molar-refractivity contribution in [3.8, 4) is 27.3 Å². The summed E-state index contributed by atoms with van der Waals surface area (Å²) in [5.74, 6) is -2.29. The number of anilines is 1. The number of methoxy groups -OCH3 is 1. The highest BCUT2D eigenvalue weighted by molar-refractivity contribution is 7.13. The van der Waals surface area contributed by atoms with Crippen LogP contribution in [-0.2, 0) is 27.2 Å². The van der Waals surface area contributed by atoms with Gasteiger partial charge in [-0.05, 0) is 92.6 Å². The number of hydrogen-bond donors (Lipinski definition) is 4. The van der Waals surface area contributed by atoms with Crippen molar-refractivity contribution in [2.45, 2.75) is 53.2 Å². The van der Waals surface area contributed by atoms with Gasteiger partial charge in [-0.15, -0.1) is 11.3 Å². The van der Waals surface area contributed by atoms with E-state index in [9.17, 15) is 24.0 Å². The largest absolute Gasteiger partial charge is 0.493 e. The Labute approximate surface area is 298 Å². The zero-order chi connectivity index (χ0) is 37.0. The molecule has 0 atom stereocenters. The molecule has 266 valence electrons. The predicted molar refractivity (Wildman–Crippen MR) is 192 cm³/mol. The quantitative estimate of drug-likeness (QED) is 0.167. The van der Waals surface area contributed by atoms with E-state index in [0.717, 1.165) is 32.7 Å². The van der Waals surface area contributed by atoms with Crippen LogP contribution in [0.1, 0.15) is 74.4 Å². The third-order valence-corrected chi connectivity index (χ3v) is 8.86. The molecule has 0 unspecified atom stereocenters. The Kier molecular flexibility index (Phi) is 10.7. The number of nitrogens with zero attached hydrogens (tertiary/aromatic N) is 1. The van der Waals surface area contributed by atoms with E-state index in [0.29, 0.717) is 30.0 Å². The number of alkyl carbamates (subject to hydrolysis) is 1. The maximum atomic E-state index is 14.4. The van der Waals surface area contributed by atoms with Gasteiger partial charge >= 0.3 is 12.1 Å². The van der Waals surface area contributed by atoms with E-state index in [2.05, 4.69) is 20.9 Å². The molecule has 0 saturated heterocycles. The summed E-state index contributed by atoms with van der Waals surface area (Å²) < 4.78 is 16.5. The third kappa shape index (κ3) is 8.52. The van der Waals surface area contributed by atoms with Crippen LogP contribution in [0.5, 0.6) is 5.75 Å². The first-order valence-electron chi connectivity index (χ1n) is 16.1. The SMILES string of the molecule is COC(=O)c1nc(C(=O)NCC(N)=O)ccc1-c1cc2c(cc1C(=O)Nc1c(C)cc(CNC(=O)OC(C)(C)C)cc1C)-c1sccc1CCO2. The standard InChI is InChI=1S/C37H39N5O8S/c1-19-13-21(17-40-36(47)50-37(3,4)5)14-20(2)30(19)42-33(44)25-15-26-28(49-11-9-22-10-12-51-32(22)26)16-24(25)23-7-8-27(34(45)39-18-29(38)43)41-31(23)35(46)48-6/h7-8,10,12-16H,9,11,17-18H2,1-6H3,(H2,38,43)(H,39,45)(H,40,47)(H,42,44). The first-order chi connectivity index (χ1) is 24.1. The van der Waals surface area contributed by atoms with Crippen molar-refractivity contribution in [2.75, 3.05) is 25.6 Å². The summed E-state index contributed by atoms with van der Waals surface area (Å²) in [6.45, 7) is 9.27. The molecule has 51 heavy (non-hydrogen) atoms. The molecule has 4 amide bonds. The van der Waals surface area contributed by atoms with Crippen LogP contribution in [0.4, 0.5) is 10.5 Å². The van der Waals surface area contributed by atoms with E-state index in [1.54, 1.807) is 32.9 Å². The molecule has 5 N–H and O–H groups in total. The highest BCUT2D eigenvalue weighted by Gasteiger charge is 2.27. The molecule has 1 aliphatic rings. The maximum absolute atomic E-state index is 14.4. The van der Waals surface area contributed by atoms with Crippen LogP contribution >= 0.6 is 11.3 Å². The second-order valence-corrected chi connectivity index (χ2v) is 13.8. The summed E-state index contributed by atoms with van der Waals surface area (Å²) in [7, 11) is 1.18. The number of aromatic nitrogens is 1. The Balaban J connectivity index is 1.57. The predicted octanol–water partition coefficient (Wildman–Crippen LogP) is 5.31. The van der Waals surface area contributed by atoms with Crippen LogP contribution in [0.15, 0.2) is 47.8 Å². The number of esters is 1. The minimum absolute atomic E-state index is 0.159. The number of fused-ring (bicyclic) bond motifs is 3. The average Bonchev–Trinajstić information content (AvgIpc) is 3.47. The lowest BCUT2D eigenvalue weighted by molar-refractivity contribution is -0.117. The molecule has 1 aliphatic heterocycles. The molecule has 0 radical (unpaired) electrons. The number of nitrogens with two attached hydrogens (primary N) is 1. The summed E-state index contributed by atoms with van der Waals surface area (Å²) in [6.07, 6.45) is 0.131. The Morgan fingerprint density at radius 1 is 0.941 bits per heavy atom. The molecule has 4 aromatic rings. The summed E-state index contributed by atoms with van der Waals surface area (Å²) in [5.41, 5.74) is 9.60. The summed E-state index contributed by atoms with van der Waals surface area (Å²) in [4.78, 5) is 68.9. The number of thiophene rings is 1. The molecule has 14 heteroatoms. The highest BCUT2D eigenvalue weighted by atomic mass is 32.1. The lowest BCUT2D eigenvalue weighted by Gasteiger charge is -2.20. The van der Waals surface area contributed by atoms with Gasteiger partial charge in [0.05, 0.1) is 20.3 Å². The van der Waals surface area contributed by atoms with Crippen molar-refractivity contribution < 1.29 is 38.2 Å². The normalized spacial score (nSPS) is 12.0. The smallest absolute Gasteiger partial charge is 0.407 e. The number of carbonyl (C=O) groups excluding carboxylic acids is 5.